The van der Waals surface area contributed by atoms with Gasteiger partial charge in [0.1, 0.15) is 0 Å². The maximum atomic E-state index is 13.4. The summed E-state index contributed by atoms with van der Waals surface area (Å²) < 4.78 is 18.0. The largest absolute Gasteiger partial charge is 0.418 e. The van der Waals surface area contributed by atoms with Gasteiger partial charge in [0.25, 0.3) is 5.69 Å². The first-order valence-corrected chi connectivity index (χ1v) is 5.08. The second-order valence-electron chi connectivity index (χ2n) is 3.30. The van der Waals surface area contributed by atoms with Crippen LogP contribution < -0.4 is 10.5 Å². The van der Waals surface area contributed by atoms with Crippen molar-refractivity contribution in [2.75, 3.05) is 5.73 Å². The van der Waals surface area contributed by atoms with E-state index < -0.39 is 33.8 Å². The lowest BCUT2D eigenvalue weighted by molar-refractivity contribution is -0.384. The molecule has 1 aromatic rings. The van der Waals surface area contributed by atoms with Crippen molar-refractivity contribution >= 4 is 17.3 Å². The van der Waals surface area contributed by atoms with Crippen LogP contribution in [0.15, 0.2) is 24.3 Å². The highest BCUT2D eigenvalue weighted by molar-refractivity contribution is 5.86. The number of hydrogen-bond acceptors (Lipinski definition) is 5. The lowest BCUT2D eigenvalue weighted by Gasteiger charge is -2.06. The number of carbonyl (C=O) groups is 1. The molecule has 7 heteroatoms. The van der Waals surface area contributed by atoms with E-state index in [0.29, 0.717) is 6.42 Å². The van der Waals surface area contributed by atoms with E-state index in [2.05, 4.69) is 4.74 Å². The van der Waals surface area contributed by atoms with E-state index in [9.17, 15) is 19.3 Å². The standard InChI is InChI=1S/C11H11FN2O4/c1-2-3-4-9(15)18-11-7(12)5-6-8(10(11)13)14(16)17/h3-6H,2,13H2,1H3. The summed E-state index contributed by atoms with van der Waals surface area (Å²) in [7, 11) is 0. The molecule has 1 aromatic carbocycles. The first-order valence-electron chi connectivity index (χ1n) is 5.08. The Balaban J connectivity index is 3.08. The second-order valence-corrected chi connectivity index (χ2v) is 3.30. The summed E-state index contributed by atoms with van der Waals surface area (Å²) in [6.45, 7) is 1.80. The van der Waals surface area contributed by atoms with Gasteiger partial charge < -0.3 is 10.5 Å². The van der Waals surface area contributed by atoms with Gasteiger partial charge in [-0.15, -0.1) is 0 Å². The van der Waals surface area contributed by atoms with Gasteiger partial charge in [0.2, 0.25) is 0 Å². The Morgan fingerprint density at radius 3 is 2.83 bits per heavy atom. The highest BCUT2D eigenvalue weighted by Gasteiger charge is 2.21. The lowest BCUT2D eigenvalue weighted by Crippen LogP contribution is -2.09. The Bertz CT molecular complexity index is 514. The number of anilines is 1. The Labute approximate surface area is 102 Å². The van der Waals surface area contributed by atoms with E-state index in [4.69, 9.17) is 5.73 Å². The number of ether oxygens (including phenoxy) is 1. The van der Waals surface area contributed by atoms with Crippen LogP contribution in [-0.4, -0.2) is 10.9 Å². The van der Waals surface area contributed by atoms with Crippen LogP contribution in [0.3, 0.4) is 0 Å². The van der Waals surface area contributed by atoms with Crippen molar-refractivity contribution in [1.82, 2.24) is 0 Å². The first kappa shape index (κ1) is 13.6. The van der Waals surface area contributed by atoms with E-state index in [1.807, 2.05) is 0 Å². The number of rotatable bonds is 4. The molecule has 0 bridgehead atoms. The fourth-order valence-electron chi connectivity index (χ4n) is 1.17. The number of esters is 1. The van der Waals surface area contributed by atoms with E-state index in [1.165, 1.54) is 6.08 Å². The van der Waals surface area contributed by atoms with Crippen LogP contribution in [0.5, 0.6) is 5.75 Å². The number of hydrogen-bond donors (Lipinski definition) is 1. The zero-order valence-electron chi connectivity index (χ0n) is 9.55. The van der Waals surface area contributed by atoms with Gasteiger partial charge in [0.15, 0.2) is 17.3 Å². The Morgan fingerprint density at radius 1 is 1.61 bits per heavy atom. The SMILES string of the molecule is CCC=CC(=O)Oc1c(F)ccc([N+](=O)[O-])c1N. The van der Waals surface area contributed by atoms with Crippen molar-refractivity contribution in [3.8, 4) is 5.75 Å². The van der Waals surface area contributed by atoms with E-state index in [-0.39, 0.29) is 0 Å². The molecular formula is C11H11FN2O4. The molecule has 0 aliphatic heterocycles. The normalized spacial score (nSPS) is 10.6. The third kappa shape index (κ3) is 3.03. The quantitative estimate of drug-likeness (QED) is 0.222. The molecule has 96 valence electrons. The van der Waals surface area contributed by atoms with Gasteiger partial charge >= 0.3 is 5.97 Å². The van der Waals surface area contributed by atoms with Gasteiger partial charge in [-0.1, -0.05) is 13.0 Å². The molecule has 0 aliphatic rings. The molecule has 6 nitrogen and oxygen atoms in total. The minimum absolute atomic E-state index is 0.515. The molecule has 18 heavy (non-hydrogen) atoms. The second kappa shape index (κ2) is 5.76. The topological polar surface area (TPSA) is 95.5 Å². The minimum Gasteiger partial charge on any atom is -0.418 e. The lowest BCUT2D eigenvalue weighted by atomic mass is 10.2. The third-order valence-electron chi connectivity index (χ3n) is 2.01. The van der Waals surface area contributed by atoms with Crippen LogP contribution in [0.2, 0.25) is 0 Å². The van der Waals surface area contributed by atoms with E-state index in [0.717, 1.165) is 18.2 Å². The molecule has 0 fully saturated rings. The number of nitro benzene ring substituents is 1. The molecule has 0 unspecified atom stereocenters. The average Bonchev–Trinajstić information content (AvgIpc) is 2.31. The maximum Gasteiger partial charge on any atom is 0.336 e. The van der Waals surface area contributed by atoms with E-state index >= 15 is 0 Å². The number of halogens is 1. The molecule has 0 aromatic heterocycles. The Hall–Kier alpha value is -2.44. The van der Waals surface area contributed by atoms with Crippen molar-refractivity contribution in [2.45, 2.75) is 13.3 Å². The number of nitro groups is 1. The Kier molecular flexibility index (Phi) is 4.36. The molecule has 0 saturated carbocycles. The number of carbonyl (C=O) groups excluding carboxylic acids is 1. The molecular weight excluding hydrogens is 243 g/mol. The summed E-state index contributed by atoms with van der Waals surface area (Å²) >= 11 is 0. The van der Waals surface area contributed by atoms with Crippen LogP contribution in [-0.2, 0) is 4.79 Å². The molecule has 1 rings (SSSR count). The fourth-order valence-corrected chi connectivity index (χ4v) is 1.17. The summed E-state index contributed by atoms with van der Waals surface area (Å²) in [6, 6.07) is 1.73. The van der Waals surface area contributed by atoms with Crippen LogP contribution in [0.25, 0.3) is 0 Å². The van der Waals surface area contributed by atoms with Crippen LogP contribution in [0, 0.1) is 15.9 Å². The third-order valence-corrected chi connectivity index (χ3v) is 2.01. The summed E-state index contributed by atoms with van der Waals surface area (Å²) in [5, 5.41) is 10.6. The number of nitrogens with two attached hydrogens (primary N) is 1. The van der Waals surface area contributed by atoms with Crippen molar-refractivity contribution in [3.63, 3.8) is 0 Å². The zero-order chi connectivity index (χ0) is 13.7. The molecule has 0 spiro atoms. The Morgan fingerprint density at radius 2 is 2.28 bits per heavy atom. The predicted octanol–water partition coefficient (Wildman–Crippen LogP) is 2.19. The maximum absolute atomic E-state index is 13.4. The average molecular weight is 254 g/mol. The van der Waals surface area contributed by atoms with Crippen molar-refractivity contribution in [2.24, 2.45) is 0 Å². The number of nitrogens with zero attached hydrogens (tertiary/aromatic N) is 1. The van der Waals surface area contributed by atoms with Crippen LogP contribution in [0.4, 0.5) is 15.8 Å². The predicted molar refractivity (Wildman–Crippen MR) is 62.5 cm³/mol. The zero-order valence-corrected chi connectivity index (χ0v) is 9.55. The van der Waals surface area contributed by atoms with Crippen molar-refractivity contribution in [1.29, 1.82) is 0 Å². The molecule has 0 aliphatic carbocycles. The molecule has 0 heterocycles. The van der Waals surface area contributed by atoms with Gasteiger partial charge in [-0.2, -0.15) is 0 Å². The first-order chi connectivity index (χ1) is 8.47. The number of benzene rings is 1. The molecule has 0 amide bonds. The number of nitrogen functional groups attached to an aromatic ring is 1. The van der Waals surface area contributed by atoms with Gasteiger partial charge in [-0.3, -0.25) is 10.1 Å². The van der Waals surface area contributed by atoms with Crippen LogP contribution >= 0.6 is 0 Å². The molecule has 2 N–H and O–H groups in total. The van der Waals surface area contributed by atoms with Crippen molar-refractivity contribution < 1.29 is 18.8 Å². The van der Waals surface area contributed by atoms with Gasteiger partial charge in [-0.25, -0.2) is 9.18 Å². The molecule has 0 saturated heterocycles. The van der Waals surface area contributed by atoms with Gasteiger partial charge in [-0.05, 0) is 12.5 Å². The molecule has 0 radical (unpaired) electrons. The smallest absolute Gasteiger partial charge is 0.336 e. The van der Waals surface area contributed by atoms with Crippen LogP contribution in [0.1, 0.15) is 13.3 Å². The molecule has 0 atom stereocenters. The van der Waals surface area contributed by atoms with E-state index in [1.54, 1.807) is 6.92 Å². The number of allylic oxidation sites excluding steroid dienone is 1. The fraction of sp³-hybridized carbons (Fsp3) is 0.182. The minimum atomic E-state index is -0.934. The highest BCUT2D eigenvalue weighted by atomic mass is 19.1. The monoisotopic (exact) mass is 254 g/mol. The van der Waals surface area contributed by atoms with Gasteiger partial charge in [0.05, 0.1) is 4.92 Å². The highest BCUT2D eigenvalue weighted by Crippen LogP contribution is 2.33. The van der Waals surface area contributed by atoms with Gasteiger partial charge in [0, 0.05) is 12.1 Å². The summed E-state index contributed by atoms with van der Waals surface area (Å²) in [5.41, 5.74) is 4.35. The summed E-state index contributed by atoms with van der Waals surface area (Å²) in [6.07, 6.45) is 3.20. The summed E-state index contributed by atoms with van der Waals surface area (Å²) in [4.78, 5) is 21.1. The summed E-state index contributed by atoms with van der Waals surface area (Å²) in [5.74, 6) is -2.41. The van der Waals surface area contributed by atoms with Crippen molar-refractivity contribution in [3.05, 3.63) is 40.2 Å².